The van der Waals surface area contributed by atoms with Gasteiger partial charge >= 0.3 is 0 Å². The molecule has 1 atom stereocenters. The number of nitrogens with zero attached hydrogens (tertiary/aromatic N) is 2. The monoisotopic (exact) mass is 288 g/mol. The minimum atomic E-state index is -0.158. The summed E-state index contributed by atoms with van der Waals surface area (Å²) in [5.41, 5.74) is 8.26. The van der Waals surface area contributed by atoms with Gasteiger partial charge < -0.3 is 20.4 Å². The van der Waals surface area contributed by atoms with E-state index in [1.54, 1.807) is 13.2 Å². The van der Waals surface area contributed by atoms with Gasteiger partial charge in [-0.05, 0) is 30.9 Å². The second kappa shape index (κ2) is 5.73. The van der Waals surface area contributed by atoms with Crippen LogP contribution in [0.4, 0.5) is 11.4 Å². The highest BCUT2D eigenvalue weighted by Gasteiger charge is 2.22. The van der Waals surface area contributed by atoms with E-state index in [9.17, 15) is 4.79 Å². The molecule has 1 saturated heterocycles. The summed E-state index contributed by atoms with van der Waals surface area (Å²) >= 11 is 0. The van der Waals surface area contributed by atoms with Crippen molar-refractivity contribution < 1.29 is 4.74 Å². The second-order valence-corrected chi connectivity index (χ2v) is 5.57. The number of benzene rings is 1. The predicted octanol–water partition coefficient (Wildman–Crippen LogP) is 1.37. The number of nitrogens with two attached hydrogens (primary N) is 1. The normalized spacial score (nSPS) is 19.1. The number of anilines is 2. The number of nitrogens with one attached hydrogen (secondary N) is 1. The lowest BCUT2D eigenvalue weighted by Gasteiger charge is -2.34. The van der Waals surface area contributed by atoms with Crippen LogP contribution in [0.15, 0.2) is 23.3 Å². The van der Waals surface area contributed by atoms with Crippen molar-refractivity contribution in [3.8, 4) is 0 Å². The van der Waals surface area contributed by atoms with Crippen molar-refractivity contribution in [3.05, 3.63) is 28.8 Å². The van der Waals surface area contributed by atoms with Crippen molar-refractivity contribution in [1.29, 1.82) is 0 Å². The summed E-state index contributed by atoms with van der Waals surface area (Å²) in [5, 5.41) is 0.532. The third kappa shape index (κ3) is 2.71. The molecule has 2 heterocycles. The van der Waals surface area contributed by atoms with Gasteiger partial charge in [-0.3, -0.25) is 4.79 Å². The average molecular weight is 288 g/mol. The number of rotatable bonds is 3. The first kappa shape index (κ1) is 13.9. The van der Waals surface area contributed by atoms with E-state index in [1.807, 2.05) is 6.07 Å². The van der Waals surface area contributed by atoms with Crippen LogP contribution in [-0.4, -0.2) is 36.8 Å². The number of aromatic amines is 1. The minimum absolute atomic E-state index is 0.158. The van der Waals surface area contributed by atoms with Crippen molar-refractivity contribution in [2.45, 2.75) is 12.8 Å². The number of fused-ring (bicyclic) bond motifs is 1. The fourth-order valence-electron chi connectivity index (χ4n) is 3.05. The molecule has 1 aliphatic rings. The van der Waals surface area contributed by atoms with E-state index in [0.29, 0.717) is 22.5 Å². The quantitative estimate of drug-likeness (QED) is 0.833. The number of aromatic nitrogens is 2. The Kier molecular flexibility index (Phi) is 3.79. The Morgan fingerprint density at radius 3 is 3.19 bits per heavy atom. The number of H-pyrrole nitrogens is 1. The molecule has 1 aromatic heterocycles. The Bertz CT molecular complexity index is 696. The molecule has 3 rings (SSSR count). The van der Waals surface area contributed by atoms with Gasteiger partial charge in [-0.15, -0.1) is 0 Å². The van der Waals surface area contributed by atoms with Gasteiger partial charge in [0, 0.05) is 20.2 Å². The van der Waals surface area contributed by atoms with Gasteiger partial charge in [-0.25, -0.2) is 4.98 Å². The van der Waals surface area contributed by atoms with Crippen LogP contribution in [0, 0.1) is 5.92 Å². The summed E-state index contributed by atoms with van der Waals surface area (Å²) in [5.74, 6) is 0.519. The summed E-state index contributed by atoms with van der Waals surface area (Å²) in [6.45, 7) is 2.66. The summed E-state index contributed by atoms with van der Waals surface area (Å²) in [6.07, 6.45) is 3.72. The van der Waals surface area contributed by atoms with E-state index in [1.165, 1.54) is 12.7 Å². The van der Waals surface area contributed by atoms with E-state index in [0.717, 1.165) is 31.8 Å². The van der Waals surface area contributed by atoms with Gasteiger partial charge in [0.2, 0.25) is 0 Å². The second-order valence-electron chi connectivity index (χ2n) is 5.57. The van der Waals surface area contributed by atoms with Crippen LogP contribution in [0.1, 0.15) is 12.8 Å². The Labute approximate surface area is 122 Å². The smallest absolute Gasteiger partial charge is 0.258 e. The van der Waals surface area contributed by atoms with E-state index in [-0.39, 0.29) is 5.56 Å². The zero-order valence-corrected chi connectivity index (χ0v) is 12.1. The lowest BCUT2D eigenvalue weighted by Crippen LogP contribution is -2.37. The molecular weight excluding hydrogens is 268 g/mol. The lowest BCUT2D eigenvalue weighted by atomic mass is 9.98. The first-order valence-electron chi connectivity index (χ1n) is 7.20. The molecule has 0 spiro atoms. The summed E-state index contributed by atoms with van der Waals surface area (Å²) in [6, 6.07) is 3.63. The van der Waals surface area contributed by atoms with Crippen molar-refractivity contribution in [1.82, 2.24) is 9.97 Å². The maximum absolute atomic E-state index is 11.8. The van der Waals surface area contributed by atoms with Gasteiger partial charge in [0.05, 0.1) is 35.2 Å². The predicted molar refractivity (Wildman–Crippen MR) is 83.6 cm³/mol. The average Bonchev–Trinajstić information content (AvgIpc) is 2.48. The van der Waals surface area contributed by atoms with E-state index in [4.69, 9.17) is 10.5 Å². The van der Waals surface area contributed by atoms with Crippen molar-refractivity contribution in [2.75, 3.05) is 37.4 Å². The number of methoxy groups -OCH3 is 1. The van der Waals surface area contributed by atoms with Gasteiger partial charge in [-0.2, -0.15) is 0 Å². The molecule has 21 heavy (non-hydrogen) atoms. The molecule has 2 aromatic rings. The van der Waals surface area contributed by atoms with Crippen LogP contribution in [0.5, 0.6) is 0 Å². The number of hydrogen-bond donors (Lipinski definition) is 2. The standard InChI is InChI=1S/C15H20N4O2/c1-21-8-10-3-2-4-19(7-10)14-6-13-11(5-12(14)16)15(20)18-9-17-13/h5-6,9-10H,2-4,7-8,16H2,1H3,(H,17,18,20). The van der Waals surface area contributed by atoms with Crippen molar-refractivity contribution in [2.24, 2.45) is 5.92 Å². The SMILES string of the molecule is COCC1CCCN(c2cc3nc[nH]c(=O)c3cc2N)C1. The molecule has 112 valence electrons. The highest BCUT2D eigenvalue weighted by Crippen LogP contribution is 2.30. The molecule has 1 unspecified atom stereocenters. The van der Waals surface area contributed by atoms with Crippen molar-refractivity contribution in [3.63, 3.8) is 0 Å². The first-order chi connectivity index (χ1) is 10.2. The van der Waals surface area contributed by atoms with E-state index >= 15 is 0 Å². The molecule has 0 amide bonds. The van der Waals surface area contributed by atoms with E-state index in [2.05, 4.69) is 14.9 Å². The molecule has 0 bridgehead atoms. The highest BCUT2D eigenvalue weighted by atomic mass is 16.5. The van der Waals surface area contributed by atoms with Crippen LogP contribution >= 0.6 is 0 Å². The van der Waals surface area contributed by atoms with Crippen LogP contribution in [0.3, 0.4) is 0 Å². The Balaban J connectivity index is 1.96. The molecule has 3 N–H and O–H groups in total. The molecule has 1 fully saturated rings. The topological polar surface area (TPSA) is 84.2 Å². The summed E-state index contributed by atoms with van der Waals surface area (Å²) in [4.78, 5) is 20.8. The van der Waals surface area contributed by atoms with Gasteiger partial charge in [0.25, 0.3) is 5.56 Å². The molecule has 0 aliphatic carbocycles. The van der Waals surface area contributed by atoms with Gasteiger partial charge in [0.1, 0.15) is 0 Å². The number of nitrogen functional groups attached to an aromatic ring is 1. The third-order valence-electron chi connectivity index (χ3n) is 4.05. The van der Waals surface area contributed by atoms with Crippen LogP contribution in [0.25, 0.3) is 10.9 Å². The van der Waals surface area contributed by atoms with Crippen LogP contribution in [0.2, 0.25) is 0 Å². The molecule has 0 radical (unpaired) electrons. The largest absolute Gasteiger partial charge is 0.397 e. The minimum Gasteiger partial charge on any atom is -0.397 e. The fraction of sp³-hybridized carbons (Fsp3) is 0.467. The number of ether oxygens (including phenoxy) is 1. The maximum Gasteiger partial charge on any atom is 0.258 e. The van der Waals surface area contributed by atoms with Gasteiger partial charge in [0.15, 0.2) is 0 Å². The molecule has 6 nitrogen and oxygen atoms in total. The molecular formula is C15H20N4O2. The van der Waals surface area contributed by atoms with E-state index < -0.39 is 0 Å². The highest BCUT2D eigenvalue weighted by molar-refractivity contribution is 5.88. The summed E-state index contributed by atoms with van der Waals surface area (Å²) < 4.78 is 5.27. The van der Waals surface area contributed by atoms with Crippen LogP contribution < -0.4 is 16.2 Å². The molecule has 1 aromatic carbocycles. The van der Waals surface area contributed by atoms with Crippen molar-refractivity contribution >= 4 is 22.3 Å². The van der Waals surface area contributed by atoms with Crippen LogP contribution in [-0.2, 0) is 4.74 Å². The number of piperidine rings is 1. The maximum atomic E-state index is 11.8. The first-order valence-corrected chi connectivity index (χ1v) is 7.20. The molecule has 1 aliphatic heterocycles. The summed E-state index contributed by atoms with van der Waals surface area (Å²) in [7, 11) is 1.74. The Morgan fingerprint density at radius 2 is 2.38 bits per heavy atom. The lowest BCUT2D eigenvalue weighted by molar-refractivity contribution is 0.143. The van der Waals surface area contributed by atoms with Gasteiger partial charge in [-0.1, -0.05) is 0 Å². The number of hydrogen-bond acceptors (Lipinski definition) is 5. The molecule has 6 heteroatoms. The fourth-order valence-corrected chi connectivity index (χ4v) is 3.05. The Morgan fingerprint density at radius 1 is 1.52 bits per heavy atom. The zero-order valence-electron chi connectivity index (χ0n) is 12.1. The molecule has 0 saturated carbocycles. The Hall–Kier alpha value is -2.08. The zero-order chi connectivity index (χ0) is 14.8. The third-order valence-corrected chi connectivity index (χ3v) is 4.05.